The van der Waals surface area contributed by atoms with E-state index in [4.69, 9.17) is 9.90 Å². The number of amides is 1. The Kier molecular flexibility index (Phi) is 4.87. The normalized spacial score (nSPS) is 14.8. The fraction of sp³-hybridized carbons (Fsp3) is 0.462. The van der Waals surface area contributed by atoms with Gasteiger partial charge in [0, 0.05) is 32.0 Å². The molecule has 1 N–H and O–H groups in total. The molecule has 9 nitrogen and oxygen atoms in total. The molecule has 2 aromatic heterocycles. The second kappa shape index (κ2) is 6.83. The summed E-state index contributed by atoms with van der Waals surface area (Å²) < 4.78 is 3.87. The number of hydrogen-bond donors (Lipinski definition) is 1. The maximum Gasteiger partial charge on any atom is 0.291 e. The van der Waals surface area contributed by atoms with Gasteiger partial charge in [-0.15, -0.1) is 10.2 Å². The van der Waals surface area contributed by atoms with Crippen molar-refractivity contribution < 1.29 is 14.7 Å². The van der Waals surface area contributed by atoms with Crippen molar-refractivity contribution in [3.63, 3.8) is 0 Å². The Hall–Kier alpha value is -2.71. The number of hydrogen-bond acceptors (Lipinski definition) is 5. The lowest BCUT2D eigenvalue weighted by molar-refractivity contribution is -0.122. The van der Waals surface area contributed by atoms with Gasteiger partial charge in [-0.05, 0) is 13.8 Å². The van der Waals surface area contributed by atoms with Crippen molar-refractivity contribution in [2.24, 2.45) is 0 Å². The molecule has 0 saturated carbocycles. The third-order valence-electron chi connectivity index (χ3n) is 3.58. The Labute approximate surface area is 127 Å². The van der Waals surface area contributed by atoms with Gasteiger partial charge in [0.05, 0.1) is 12.4 Å². The van der Waals surface area contributed by atoms with Gasteiger partial charge in [-0.3, -0.25) is 9.59 Å². The van der Waals surface area contributed by atoms with Crippen molar-refractivity contribution in [3.8, 4) is 0 Å². The third kappa shape index (κ3) is 2.83. The summed E-state index contributed by atoms with van der Waals surface area (Å²) in [6, 6.07) is 0.0183. The second-order valence-electron chi connectivity index (χ2n) is 4.71. The minimum Gasteiger partial charge on any atom is -0.483 e. The van der Waals surface area contributed by atoms with E-state index in [9.17, 15) is 4.79 Å². The van der Waals surface area contributed by atoms with Crippen molar-refractivity contribution in [2.75, 3.05) is 13.1 Å². The lowest BCUT2D eigenvalue weighted by Gasteiger charge is -2.27. The molecular weight excluding hydrogens is 288 g/mol. The molecule has 118 valence electrons. The maximum atomic E-state index is 12.2. The highest BCUT2D eigenvalue weighted by atomic mass is 16.3. The predicted molar refractivity (Wildman–Crippen MR) is 76.3 cm³/mol. The average molecular weight is 306 g/mol. The molecule has 0 radical (unpaired) electrons. The highest BCUT2D eigenvalue weighted by Gasteiger charge is 2.29. The standard InChI is InChI=1S/C12H16N6O.CH2O2/c1-3-16-6-7-18-10(14-15-11(18)12(16)19)9(2)17-5-4-13-8-17;2-1-3/h4-5,8-9H,3,6-7H2,1-2H3;1H,(H,2,3). The number of carbonyl (C=O) groups is 2. The average Bonchev–Trinajstić information content (AvgIpc) is 3.18. The van der Waals surface area contributed by atoms with Crippen LogP contribution in [0.25, 0.3) is 0 Å². The molecule has 3 heterocycles. The predicted octanol–water partition coefficient (Wildman–Crippen LogP) is 0.260. The first kappa shape index (κ1) is 15.7. The van der Waals surface area contributed by atoms with Crippen LogP contribution >= 0.6 is 0 Å². The summed E-state index contributed by atoms with van der Waals surface area (Å²) in [6.07, 6.45) is 5.36. The zero-order valence-electron chi connectivity index (χ0n) is 12.5. The number of rotatable bonds is 3. The first-order valence-corrected chi connectivity index (χ1v) is 6.91. The van der Waals surface area contributed by atoms with Crippen LogP contribution in [0.4, 0.5) is 0 Å². The summed E-state index contributed by atoms with van der Waals surface area (Å²) in [4.78, 5) is 26.3. The first-order chi connectivity index (χ1) is 10.6. The van der Waals surface area contributed by atoms with Gasteiger partial charge >= 0.3 is 0 Å². The van der Waals surface area contributed by atoms with Gasteiger partial charge in [0.25, 0.3) is 12.4 Å². The molecule has 1 amide bonds. The maximum absolute atomic E-state index is 12.2. The fourth-order valence-corrected chi connectivity index (χ4v) is 2.40. The van der Waals surface area contributed by atoms with Crippen LogP contribution in [0, 0.1) is 0 Å². The van der Waals surface area contributed by atoms with Crippen LogP contribution < -0.4 is 0 Å². The third-order valence-corrected chi connectivity index (χ3v) is 3.58. The summed E-state index contributed by atoms with van der Waals surface area (Å²) in [5, 5.41) is 15.1. The van der Waals surface area contributed by atoms with E-state index in [2.05, 4.69) is 15.2 Å². The van der Waals surface area contributed by atoms with Gasteiger partial charge in [0.2, 0.25) is 5.82 Å². The Bertz CT molecular complexity index is 636. The quantitative estimate of drug-likeness (QED) is 0.815. The van der Waals surface area contributed by atoms with Crippen LogP contribution in [0.1, 0.15) is 36.3 Å². The van der Waals surface area contributed by atoms with Gasteiger partial charge in [-0.1, -0.05) is 0 Å². The summed E-state index contributed by atoms with van der Waals surface area (Å²) in [5.74, 6) is 1.21. The van der Waals surface area contributed by atoms with E-state index < -0.39 is 0 Å². The van der Waals surface area contributed by atoms with Gasteiger partial charge in [-0.25, -0.2) is 4.98 Å². The molecule has 9 heteroatoms. The molecule has 1 aliphatic rings. The molecule has 1 atom stereocenters. The molecule has 0 fully saturated rings. The highest BCUT2D eigenvalue weighted by Crippen LogP contribution is 2.20. The van der Waals surface area contributed by atoms with Crippen LogP contribution in [0.2, 0.25) is 0 Å². The molecule has 3 rings (SSSR count). The zero-order valence-corrected chi connectivity index (χ0v) is 12.5. The monoisotopic (exact) mass is 306 g/mol. The van der Waals surface area contributed by atoms with Crippen molar-refractivity contribution in [2.45, 2.75) is 26.4 Å². The van der Waals surface area contributed by atoms with Crippen LogP contribution in [-0.4, -0.2) is 59.8 Å². The number of aromatic nitrogens is 5. The van der Waals surface area contributed by atoms with Crippen LogP contribution in [0.3, 0.4) is 0 Å². The van der Waals surface area contributed by atoms with Crippen LogP contribution in [-0.2, 0) is 11.3 Å². The zero-order chi connectivity index (χ0) is 16.1. The van der Waals surface area contributed by atoms with Gasteiger partial charge in [0.1, 0.15) is 0 Å². The molecule has 0 aliphatic carbocycles. The summed E-state index contributed by atoms with van der Waals surface area (Å²) >= 11 is 0. The van der Waals surface area contributed by atoms with E-state index in [1.54, 1.807) is 17.4 Å². The minimum atomic E-state index is -0.250. The smallest absolute Gasteiger partial charge is 0.291 e. The topological polar surface area (TPSA) is 106 Å². The molecular formula is C13H18N6O3. The van der Waals surface area contributed by atoms with E-state index in [0.29, 0.717) is 18.9 Å². The van der Waals surface area contributed by atoms with E-state index in [1.807, 2.05) is 29.2 Å². The van der Waals surface area contributed by atoms with E-state index >= 15 is 0 Å². The second-order valence-corrected chi connectivity index (χ2v) is 4.71. The minimum absolute atomic E-state index is 0.0183. The van der Waals surface area contributed by atoms with Crippen molar-refractivity contribution >= 4 is 12.4 Å². The van der Waals surface area contributed by atoms with Gasteiger partial charge < -0.3 is 19.1 Å². The molecule has 22 heavy (non-hydrogen) atoms. The van der Waals surface area contributed by atoms with Gasteiger partial charge in [-0.2, -0.15) is 0 Å². The summed E-state index contributed by atoms with van der Waals surface area (Å²) in [5.41, 5.74) is 0. The largest absolute Gasteiger partial charge is 0.483 e. The Morgan fingerprint density at radius 1 is 1.41 bits per heavy atom. The SMILES string of the molecule is CCN1CCn2c(nnc2C(C)n2ccnc2)C1=O.O=CO. The van der Waals surface area contributed by atoms with E-state index in [1.165, 1.54) is 0 Å². The Balaban J connectivity index is 0.000000545. The molecule has 0 aromatic carbocycles. The molecule has 0 spiro atoms. The number of fused-ring (bicyclic) bond motifs is 1. The fourth-order valence-electron chi connectivity index (χ4n) is 2.40. The number of nitrogens with zero attached hydrogens (tertiary/aromatic N) is 6. The number of imidazole rings is 1. The van der Waals surface area contributed by atoms with Gasteiger partial charge in [0.15, 0.2) is 5.82 Å². The number of likely N-dealkylation sites (N-methyl/N-ethyl adjacent to an activating group) is 1. The van der Waals surface area contributed by atoms with Crippen molar-refractivity contribution in [1.82, 2.24) is 29.2 Å². The molecule has 0 saturated heterocycles. The molecule has 1 unspecified atom stereocenters. The molecule has 0 bridgehead atoms. The Morgan fingerprint density at radius 3 is 2.73 bits per heavy atom. The molecule has 2 aromatic rings. The van der Waals surface area contributed by atoms with E-state index in [0.717, 1.165) is 12.4 Å². The van der Waals surface area contributed by atoms with E-state index in [-0.39, 0.29) is 18.4 Å². The lowest BCUT2D eigenvalue weighted by Crippen LogP contribution is -2.40. The first-order valence-electron chi connectivity index (χ1n) is 6.91. The number of carboxylic acid groups (broad SMARTS) is 1. The highest BCUT2D eigenvalue weighted by molar-refractivity contribution is 5.91. The lowest BCUT2D eigenvalue weighted by atomic mass is 10.2. The van der Waals surface area contributed by atoms with Crippen LogP contribution in [0.15, 0.2) is 18.7 Å². The number of carbonyl (C=O) groups excluding carboxylic acids is 1. The van der Waals surface area contributed by atoms with Crippen LogP contribution in [0.5, 0.6) is 0 Å². The van der Waals surface area contributed by atoms with Crippen molar-refractivity contribution in [3.05, 3.63) is 30.4 Å². The Morgan fingerprint density at radius 2 is 2.14 bits per heavy atom. The summed E-state index contributed by atoms with van der Waals surface area (Å²) in [6.45, 7) is 5.91. The summed E-state index contributed by atoms with van der Waals surface area (Å²) in [7, 11) is 0. The molecule has 1 aliphatic heterocycles. The van der Waals surface area contributed by atoms with Crippen molar-refractivity contribution in [1.29, 1.82) is 0 Å².